The van der Waals surface area contributed by atoms with Crippen molar-refractivity contribution in [2.45, 2.75) is 32.5 Å². The number of hydrogen-bond donors (Lipinski definition) is 2. The lowest BCUT2D eigenvalue weighted by Crippen LogP contribution is -2.52. The van der Waals surface area contributed by atoms with Gasteiger partial charge in [0.25, 0.3) is 0 Å². The van der Waals surface area contributed by atoms with E-state index in [0.717, 1.165) is 18.9 Å². The molecule has 17 heavy (non-hydrogen) atoms. The van der Waals surface area contributed by atoms with Gasteiger partial charge in [-0.25, -0.2) is 4.98 Å². The second-order valence-electron chi connectivity index (χ2n) is 5.21. The lowest BCUT2D eigenvalue weighted by Gasteiger charge is -2.42. The first-order chi connectivity index (χ1) is 7.87. The van der Waals surface area contributed by atoms with Crippen LogP contribution in [0.25, 0.3) is 0 Å². The normalized spacial score (nSPS) is 23.7. The highest BCUT2D eigenvalue weighted by molar-refractivity contribution is 5.62. The largest absolute Gasteiger partial charge is 0.396 e. The molecule has 1 saturated heterocycles. The van der Waals surface area contributed by atoms with E-state index in [1.807, 2.05) is 6.07 Å². The molecule has 0 saturated carbocycles. The monoisotopic (exact) mass is 236 g/mol. The third-order valence-electron chi connectivity index (χ3n) is 2.84. The lowest BCUT2D eigenvalue weighted by atomic mass is 10.1. The Kier molecular flexibility index (Phi) is 2.87. The van der Waals surface area contributed by atoms with Crippen molar-refractivity contribution in [2.75, 3.05) is 29.5 Å². The quantitative estimate of drug-likeness (QED) is 0.767. The van der Waals surface area contributed by atoms with Crippen LogP contribution in [0, 0.1) is 0 Å². The van der Waals surface area contributed by atoms with Gasteiger partial charge in [0.2, 0.25) is 0 Å². The minimum Gasteiger partial charge on any atom is -0.396 e. The fourth-order valence-corrected chi connectivity index (χ4v) is 2.28. The number of pyridine rings is 1. The fourth-order valence-electron chi connectivity index (χ4n) is 2.28. The summed E-state index contributed by atoms with van der Waals surface area (Å²) in [6, 6.07) is 3.70. The molecule has 0 aliphatic carbocycles. The molecule has 1 aromatic rings. The Bertz CT molecular complexity index is 419. The maximum Gasteiger partial charge on any atom is 0.149 e. The molecule has 5 nitrogen and oxygen atoms in total. The molecule has 94 valence electrons. The molecule has 0 bridgehead atoms. The van der Waals surface area contributed by atoms with Gasteiger partial charge in [-0.2, -0.15) is 0 Å². The van der Waals surface area contributed by atoms with E-state index in [-0.39, 0.29) is 11.7 Å². The predicted octanol–water partition coefficient (Wildman–Crippen LogP) is 1.25. The van der Waals surface area contributed by atoms with Gasteiger partial charge in [-0.1, -0.05) is 0 Å². The lowest BCUT2D eigenvalue weighted by molar-refractivity contribution is -0.0751. The molecule has 1 aliphatic rings. The van der Waals surface area contributed by atoms with Gasteiger partial charge in [-0.05, 0) is 32.9 Å². The molecular weight excluding hydrogens is 216 g/mol. The molecule has 0 spiro atoms. The van der Waals surface area contributed by atoms with Gasteiger partial charge in [0.15, 0.2) is 0 Å². The highest BCUT2D eigenvalue weighted by Crippen LogP contribution is 2.26. The minimum atomic E-state index is -0.171. The summed E-state index contributed by atoms with van der Waals surface area (Å²) in [6.07, 6.45) is 0.180. The Morgan fingerprint density at radius 3 is 2.71 bits per heavy atom. The Balaban J connectivity index is 2.24. The van der Waals surface area contributed by atoms with Crippen LogP contribution < -0.4 is 16.4 Å². The maximum atomic E-state index is 5.85. The van der Waals surface area contributed by atoms with E-state index in [4.69, 9.17) is 16.2 Å². The minimum absolute atomic E-state index is 0.171. The zero-order chi connectivity index (χ0) is 12.6. The van der Waals surface area contributed by atoms with Crippen molar-refractivity contribution in [3.05, 3.63) is 12.1 Å². The SMILES string of the molecule is CC1CN(c2ccc(N)c(N)n2)CC(C)(C)O1. The first kappa shape index (κ1) is 12.0. The highest BCUT2D eigenvalue weighted by Gasteiger charge is 2.31. The van der Waals surface area contributed by atoms with Crippen molar-refractivity contribution < 1.29 is 4.74 Å². The average molecular weight is 236 g/mol. The van der Waals surface area contributed by atoms with Gasteiger partial charge in [0, 0.05) is 13.1 Å². The third-order valence-corrected chi connectivity index (χ3v) is 2.84. The third kappa shape index (κ3) is 2.61. The van der Waals surface area contributed by atoms with Crippen molar-refractivity contribution in [3.63, 3.8) is 0 Å². The topological polar surface area (TPSA) is 77.4 Å². The van der Waals surface area contributed by atoms with Crippen LogP contribution in [0.1, 0.15) is 20.8 Å². The highest BCUT2D eigenvalue weighted by atomic mass is 16.5. The van der Waals surface area contributed by atoms with Crippen LogP contribution in [-0.2, 0) is 4.74 Å². The molecule has 2 heterocycles. The summed E-state index contributed by atoms with van der Waals surface area (Å²) in [6.45, 7) is 7.84. The molecule has 0 radical (unpaired) electrons. The van der Waals surface area contributed by atoms with Crippen molar-refractivity contribution in [3.8, 4) is 0 Å². The van der Waals surface area contributed by atoms with E-state index >= 15 is 0 Å². The van der Waals surface area contributed by atoms with E-state index in [0.29, 0.717) is 11.5 Å². The van der Waals surface area contributed by atoms with Gasteiger partial charge in [-0.3, -0.25) is 0 Å². The van der Waals surface area contributed by atoms with Crippen LogP contribution in [0.15, 0.2) is 12.1 Å². The Hall–Kier alpha value is -1.49. The first-order valence-corrected chi connectivity index (χ1v) is 5.82. The second-order valence-corrected chi connectivity index (χ2v) is 5.21. The van der Waals surface area contributed by atoms with E-state index < -0.39 is 0 Å². The molecule has 1 fully saturated rings. The number of morpholine rings is 1. The summed E-state index contributed by atoms with van der Waals surface area (Å²) in [4.78, 5) is 6.50. The smallest absolute Gasteiger partial charge is 0.149 e. The molecular formula is C12H20N4O. The van der Waals surface area contributed by atoms with Crippen LogP contribution in [0.2, 0.25) is 0 Å². The van der Waals surface area contributed by atoms with Crippen molar-refractivity contribution >= 4 is 17.3 Å². The number of ether oxygens (including phenoxy) is 1. The number of nitrogen functional groups attached to an aromatic ring is 2. The molecule has 1 aromatic heterocycles. The maximum absolute atomic E-state index is 5.85. The van der Waals surface area contributed by atoms with Crippen LogP contribution in [0.5, 0.6) is 0 Å². The Morgan fingerprint density at radius 2 is 2.12 bits per heavy atom. The Labute approximate surface area is 102 Å². The van der Waals surface area contributed by atoms with E-state index in [1.165, 1.54) is 0 Å². The first-order valence-electron chi connectivity index (χ1n) is 5.82. The van der Waals surface area contributed by atoms with E-state index in [9.17, 15) is 0 Å². The summed E-state index contributed by atoms with van der Waals surface area (Å²) in [5, 5.41) is 0. The summed E-state index contributed by atoms with van der Waals surface area (Å²) in [5.41, 5.74) is 11.8. The fraction of sp³-hybridized carbons (Fsp3) is 0.583. The molecule has 5 heteroatoms. The van der Waals surface area contributed by atoms with Gasteiger partial charge >= 0.3 is 0 Å². The van der Waals surface area contributed by atoms with Gasteiger partial charge in [0.1, 0.15) is 11.6 Å². The average Bonchev–Trinajstić information content (AvgIpc) is 2.19. The van der Waals surface area contributed by atoms with Gasteiger partial charge < -0.3 is 21.1 Å². The molecule has 0 aromatic carbocycles. The molecule has 1 unspecified atom stereocenters. The number of hydrogen-bond acceptors (Lipinski definition) is 5. The number of rotatable bonds is 1. The van der Waals surface area contributed by atoms with Crippen LogP contribution >= 0.6 is 0 Å². The van der Waals surface area contributed by atoms with E-state index in [1.54, 1.807) is 6.07 Å². The zero-order valence-electron chi connectivity index (χ0n) is 10.6. The van der Waals surface area contributed by atoms with Crippen LogP contribution in [0.3, 0.4) is 0 Å². The summed E-state index contributed by atoms with van der Waals surface area (Å²) in [7, 11) is 0. The van der Waals surface area contributed by atoms with Crippen molar-refractivity contribution in [2.24, 2.45) is 0 Å². The molecule has 2 rings (SSSR count). The van der Waals surface area contributed by atoms with E-state index in [2.05, 4.69) is 30.7 Å². The molecule has 1 atom stereocenters. The predicted molar refractivity (Wildman–Crippen MR) is 69.9 cm³/mol. The number of nitrogens with zero attached hydrogens (tertiary/aromatic N) is 2. The summed E-state index contributed by atoms with van der Waals surface area (Å²) < 4.78 is 5.85. The zero-order valence-corrected chi connectivity index (χ0v) is 10.6. The van der Waals surface area contributed by atoms with Crippen molar-refractivity contribution in [1.29, 1.82) is 0 Å². The summed E-state index contributed by atoms with van der Waals surface area (Å²) >= 11 is 0. The molecule has 4 N–H and O–H groups in total. The molecule has 1 aliphatic heterocycles. The number of nitrogens with two attached hydrogens (primary N) is 2. The van der Waals surface area contributed by atoms with Gasteiger partial charge in [-0.15, -0.1) is 0 Å². The van der Waals surface area contributed by atoms with Crippen LogP contribution in [-0.4, -0.2) is 29.8 Å². The number of aromatic nitrogens is 1. The second kappa shape index (κ2) is 4.07. The Morgan fingerprint density at radius 1 is 1.41 bits per heavy atom. The number of anilines is 3. The van der Waals surface area contributed by atoms with Crippen LogP contribution in [0.4, 0.5) is 17.3 Å². The van der Waals surface area contributed by atoms with Gasteiger partial charge in [0.05, 0.1) is 17.4 Å². The standard InChI is InChI=1S/C12H20N4O/c1-8-6-16(7-12(2,3)17-8)10-5-4-9(13)11(14)15-10/h4-5,8H,6-7,13H2,1-3H3,(H2,14,15). The molecule has 0 amide bonds. The summed E-state index contributed by atoms with van der Waals surface area (Å²) in [5.74, 6) is 1.25. The van der Waals surface area contributed by atoms with Crippen molar-refractivity contribution in [1.82, 2.24) is 4.98 Å².